The van der Waals surface area contributed by atoms with Gasteiger partial charge in [-0.15, -0.1) is 4.94 Å². The van der Waals surface area contributed by atoms with Crippen molar-refractivity contribution in [1.82, 2.24) is 0 Å². The van der Waals surface area contributed by atoms with E-state index in [1.54, 1.807) is 0 Å². The van der Waals surface area contributed by atoms with Crippen molar-refractivity contribution in [3.8, 4) is 0 Å². The molecule has 0 bridgehead atoms. The van der Waals surface area contributed by atoms with Crippen LogP contribution in [0.15, 0.2) is 0 Å². The van der Waals surface area contributed by atoms with Crippen molar-refractivity contribution in [1.29, 1.82) is 0 Å². The van der Waals surface area contributed by atoms with Gasteiger partial charge in [-0.3, -0.25) is 0 Å². The van der Waals surface area contributed by atoms with Crippen LogP contribution in [0.1, 0.15) is 0 Å². The fraction of sp³-hybridized carbons (Fsp3) is 1.00. The summed E-state index contributed by atoms with van der Waals surface area (Å²) in [7, 11) is 0. The van der Waals surface area contributed by atoms with Crippen molar-refractivity contribution in [3.05, 3.63) is 0 Å². The Morgan fingerprint density at radius 2 is 0.519 bits per heavy atom. The van der Waals surface area contributed by atoms with E-state index in [9.17, 15) is 79.2 Å². The van der Waals surface area contributed by atoms with Gasteiger partial charge in [0.05, 0.1) is 0 Å². The van der Waals surface area contributed by atoms with Gasteiger partial charge in [-0.1, -0.05) is 0 Å². The van der Waals surface area contributed by atoms with Crippen molar-refractivity contribution in [3.63, 3.8) is 0 Å². The predicted molar refractivity (Wildman–Crippen MR) is 42.9 cm³/mol. The average Bonchev–Trinajstić information content (AvgIpc) is 2.39. The Hall–Kier alpha value is -1.30. The van der Waals surface area contributed by atoms with Crippen molar-refractivity contribution < 1.29 is 84.1 Å². The molecule has 164 valence electrons. The average molecular weight is 454 g/mol. The molecule has 0 aliphatic carbocycles. The van der Waals surface area contributed by atoms with Gasteiger partial charge in [0.15, 0.2) is 0 Å². The molecule has 0 amide bonds. The minimum Gasteiger partial charge on any atom is -0.225 e. The number of hydrogen-bond donors (Lipinski definition) is 0. The normalized spacial score (nSPS) is 16.7. The molecule has 27 heavy (non-hydrogen) atoms. The van der Waals surface area contributed by atoms with Crippen molar-refractivity contribution in [2.24, 2.45) is 0 Å². The molecule has 0 spiro atoms. The summed E-state index contributed by atoms with van der Waals surface area (Å²) in [5.74, 6) is 0. The summed E-state index contributed by atoms with van der Waals surface area (Å²) >= 11 is 0. The quantitative estimate of drug-likeness (QED) is 0.485. The summed E-state index contributed by atoms with van der Waals surface area (Å²) in [5.41, 5.74) is -27.1. The highest BCUT2D eigenvalue weighted by molar-refractivity contribution is 5.26. The van der Waals surface area contributed by atoms with Crippen LogP contribution in [0.5, 0.6) is 0 Å². The Morgan fingerprint density at radius 1 is 0.333 bits per heavy atom. The second kappa shape index (κ2) is 6.10. The maximum absolute atomic E-state index is 13.9. The van der Waals surface area contributed by atoms with Gasteiger partial charge in [-0.05, 0) is 4.53 Å². The third-order valence-electron chi connectivity index (χ3n) is 3.01. The largest absolute Gasteiger partial charge is 0.435 e. The highest BCUT2D eigenvalue weighted by atomic mass is 19.4. The second-order valence-electron chi connectivity index (χ2n) is 4.56. The summed E-state index contributed by atoms with van der Waals surface area (Å²) in [6, 6.07) is 0. The van der Waals surface area contributed by atoms with Crippen LogP contribution in [0, 0.1) is 0 Å². The highest BCUT2D eigenvalue weighted by Crippen LogP contribution is 2.68. The lowest BCUT2D eigenvalue weighted by Crippen LogP contribution is -2.84. The second-order valence-corrected chi connectivity index (χ2v) is 4.56. The highest BCUT2D eigenvalue weighted by Gasteiger charge is 3.02. The van der Waals surface area contributed by atoms with Gasteiger partial charge in [0.1, 0.15) is 0 Å². The first-order valence-electron chi connectivity index (χ1n) is 5.32. The molecule has 0 atom stereocenters. The molecule has 0 saturated heterocycles. The summed E-state index contributed by atoms with van der Waals surface area (Å²) in [5, 5.41) is 0. The van der Waals surface area contributed by atoms with E-state index in [-0.39, 0.29) is 0 Å². The van der Waals surface area contributed by atoms with Crippen LogP contribution in [-0.4, -0.2) is 47.8 Å². The fourth-order valence-corrected chi connectivity index (χ4v) is 1.79. The molecule has 0 saturated carbocycles. The third-order valence-corrected chi connectivity index (χ3v) is 3.01. The molecule has 0 rings (SSSR count). The van der Waals surface area contributed by atoms with Gasteiger partial charge in [0.2, 0.25) is 0 Å². The van der Waals surface area contributed by atoms with E-state index in [1.165, 1.54) is 0 Å². The van der Waals surface area contributed by atoms with E-state index in [4.69, 9.17) is 0 Å². The molecule has 0 aromatic carbocycles. The summed E-state index contributed by atoms with van der Waals surface area (Å²) in [6.45, 7) is 0. The number of rotatable bonds is 4. The molecule has 0 radical (unpaired) electrons. The van der Waals surface area contributed by atoms with Gasteiger partial charge in [0, 0.05) is 0 Å². The summed E-state index contributed by atoms with van der Waals surface area (Å²) in [6.07, 6.45) is -42.1. The smallest absolute Gasteiger partial charge is 0.225 e. The number of halogens is 18. The topological polar surface area (TPSA) is 9.23 Å². The first kappa shape index (κ1) is 25.7. The molecule has 0 N–H and O–H groups in total. The Labute approximate surface area is 133 Å². The van der Waals surface area contributed by atoms with Crippen LogP contribution in [0.4, 0.5) is 79.2 Å². The van der Waals surface area contributed by atoms with Gasteiger partial charge in [-0.25, -0.2) is 13.2 Å². The monoisotopic (exact) mass is 454 g/mol. The zero-order valence-corrected chi connectivity index (χ0v) is 11.2. The minimum atomic E-state index is -9.17. The predicted octanol–water partition coefficient (Wildman–Crippen LogP) is 5.85. The van der Waals surface area contributed by atoms with Crippen LogP contribution in [0.25, 0.3) is 0 Å². The maximum atomic E-state index is 13.9. The lowest BCUT2D eigenvalue weighted by atomic mass is 9.71. The first-order chi connectivity index (χ1) is 11.3. The molecule has 0 aromatic rings. The molecule has 0 fully saturated rings. The Balaban J connectivity index is 7.81. The Bertz CT molecular complexity index is 466. The van der Waals surface area contributed by atoms with E-state index >= 15 is 0 Å². The van der Waals surface area contributed by atoms with Gasteiger partial charge in [0.25, 0.3) is 0 Å². The first-order valence-corrected chi connectivity index (χ1v) is 5.32. The molecular weight excluding hydrogens is 454 g/mol. The minimum absolute atomic E-state index is 0.687. The van der Waals surface area contributed by atoms with Crippen molar-refractivity contribution >= 4 is 0 Å². The summed E-state index contributed by atoms with van der Waals surface area (Å²) in [4.78, 5) is 0.687. The molecule has 0 aliphatic heterocycles. The third kappa shape index (κ3) is 3.04. The number of alkyl halides is 17. The van der Waals surface area contributed by atoms with Crippen LogP contribution >= 0.6 is 0 Å². The molecule has 0 heterocycles. The van der Waals surface area contributed by atoms with Gasteiger partial charge >= 0.3 is 47.8 Å². The van der Waals surface area contributed by atoms with Gasteiger partial charge < -0.3 is 0 Å². The maximum Gasteiger partial charge on any atom is 0.435 e. The zero-order valence-electron chi connectivity index (χ0n) is 11.2. The van der Waals surface area contributed by atoms with E-state index in [0.717, 1.165) is 0 Å². The van der Waals surface area contributed by atoms with Crippen LogP contribution < -0.4 is 0 Å². The van der Waals surface area contributed by atoms with E-state index in [2.05, 4.69) is 0 Å². The fourth-order valence-electron chi connectivity index (χ4n) is 1.79. The van der Waals surface area contributed by atoms with Crippen LogP contribution in [-0.2, 0) is 4.94 Å². The molecule has 19 heteroatoms. The lowest BCUT2D eigenvalue weighted by Gasteiger charge is -2.49. The van der Waals surface area contributed by atoms with Crippen molar-refractivity contribution in [2.75, 3.05) is 0 Å². The van der Waals surface area contributed by atoms with E-state index in [1.807, 2.05) is 0 Å². The Kier molecular flexibility index (Phi) is 5.80. The molecule has 0 aromatic heterocycles. The lowest BCUT2D eigenvalue weighted by molar-refractivity contribution is -0.518. The van der Waals surface area contributed by atoms with Crippen molar-refractivity contribution in [2.45, 2.75) is 47.8 Å². The molecule has 0 unspecified atom stereocenters. The molecular formula is C8F18O. The standard InChI is InChI=1S/C8F18O/c9-1(8(24,25)27-26,2(10,4(12,13)14)5(15,16)17)3(11,6(18,19)20)7(21,22)23. The Morgan fingerprint density at radius 3 is 0.630 bits per heavy atom. The SMILES string of the molecule is FOC(F)(F)C(F)(C(F)(C(F)(F)F)C(F)(F)F)C(F)(C(F)(F)F)C(F)(F)F. The number of hydrogen-bond acceptors (Lipinski definition) is 1. The van der Waals surface area contributed by atoms with E-state index in [0.29, 0.717) is 4.94 Å². The molecule has 0 aliphatic rings. The van der Waals surface area contributed by atoms with Gasteiger partial charge in [-0.2, -0.15) is 61.5 Å². The summed E-state index contributed by atoms with van der Waals surface area (Å²) < 4.78 is 226. The zero-order chi connectivity index (χ0) is 22.7. The van der Waals surface area contributed by atoms with Crippen LogP contribution in [0.3, 0.4) is 0 Å². The molecule has 1 nitrogen and oxygen atoms in total. The van der Waals surface area contributed by atoms with E-state index < -0.39 is 47.8 Å². The van der Waals surface area contributed by atoms with Crippen LogP contribution in [0.2, 0.25) is 0 Å².